The molecule has 0 radical (unpaired) electrons. The third kappa shape index (κ3) is 7.05. The van der Waals surface area contributed by atoms with Gasteiger partial charge in [0, 0.05) is 10.4 Å². The van der Waals surface area contributed by atoms with Gasteiger partial charge < -0.3 is 14.8 Å². The van der Waals surface area contributed by atoms with E-state index in [1.54, 1.807) is 44.2 Å². The van der Waals surface area contributed by atoms with E-state index in [9.17, 15) is 18.8 Å². The number of halogens is 2. The Kier molecular flexibility index (Phi) is 9.89. The van der Waals surface area contributed by atoms with Gasteiger partial charge >= 0.3 is 17.8 Å². The molecule has 2 N–H and O–H groups in total. The molecule has 0 saturated heterocycles. The number of esters is 1. The second kappa shape index (κ2) is 13.5. The number of benzene rings is 2. The van der Waals surface area contributed by atoms with Gasteiger partial charge in [-0.2, -0.15) is 5.10 Å². The van der Waals surface area contributed by atoms with Crippen LogP contribution in [0.2, 0.25) is 5.02 Å². The van der Waals surface area contributed by atoms with E-state index in [0.29, 0.717) is 27.6 Å². The Hall–Kier alpha value is -3.76. The zero-order valence-electron chi connectivity index (χ0n) is 22.1. The number of thiophene rings is 1. The third-order valence-corrected chi connectivity index (χ3v) is 7.94. The molecule has 1 aromatic heterocycles. The molecule has 1 heterocycles. The largest absolute Gasteiger partial charge is 0.489 e. The molecule has 0 atom stereocenters. The molecule has 2 aromatic carbocycles. The summed E-state index contributed by atoms with van der Waals surface area (Å²) >= 11 is 7.35. The highest BCUT2D eigenvalue weighted by molar-refractivity contribution is 7.17. The van der Waals surface area contributed by atoms with Crippen molar-refractivity contribution in [3.63, 3.8) is 0 Å². The maximum Gasteiger partial charge on any atom is 0.341 e. The summed E-state index contributed by atoms with van der Waals surface area (Å²) in [5.74, 6) is -2.37. The fourth-order valence-corrected chi connectivity index (χ4v) is 5.77. The second-order valence-corrected chi connectivity index (χ2v) is 10.6. The number of nitrogens with one attached hydrogen (secondary N) is 2. The topological polar surface area (TPSA) is 106 Å². The molecule has 1 aliphatic carbocycles. The predicted octanol–water partition coefficient (Wildman–Crippen LogP) is 6.04. The summed E-state index contributed by atoms with van der Waals surface area (Å²) in [6.45, 7) is 3.56. The van der Waals surface area contributed by atoms with Gasteiger partial charge in [0.15, 0.2) is 0 Å². The van der Waals surface area contributed by atoms with Crippen LogP contribution in [0.3, 0.4) is 0 Å². The maximum absolute atomic E-state index is 13.9. The summed E-state index contributed by atoms with van der Waals surface area (Å²) in [6, 6.07) is 11.2. The molecular formula is C29H29ClFN3O5S. The lowest BCUT2D eigenvalue weighted by Crippen LogP contribution is -2.33. The fourth-order valence-electron chi connectivity index (χ4n) is 4.28. The summed E-state index contributed by atoms with van der Waals surface area (Å²) in [6.07, 6.45) is 4.57. The van der Waals surface area contributed by atoms with Gasteiger partial charge in [-0.15, -0.1) is 11.3 Å². The molecule has 8 nitrogen and oxygen atoms in total. The van der Waals surface area contributed by atoms with E-state index in [4.69, 9.17) is 21.1 Å². The maximum atomic E-state index is 13.9. The highest BCUT2D eigenvalue weighted by Crippen LogP contribution is 2.38. The Labute approximate surface area is 240 Å². The number of hydrazone groups is 1. The number of anilines is 1. The highest BCUT2D eigenvalue weighted by Gasteiger charge is 2.28. The number of hydrogen-bond donors (Lipinski definition) is 2. The van der Waals surface area contributed by atoms with Gasteiger partial charge in [0.25, 0.3) is 0 Å². The van der Waals surface area contributed by atoms with Crippen LogP contribution in [-0.4, -0.2) is 30.1 Å². The van der Waals surface area contributed by atoms with E-state index >= 15 is 0 Å². The first-order valence-electron chi connectivity index (χ1n) is 12.9. The van der Waals surface area contributed by atoms with Crippen molar-refractivity contribution >= 4 is 51.4 Å². The molecule has 210 valence electrons. The normalized spacial score (nSPS) is 13.2. The molecule has 0 saturated carbocycles. The minimum absolute atomic E-state index is 0.0335. The van der Waals surface area contributed by atoms with Crippen LogP contribution >= 0.6 is 22.9 Å². The smallest absolute Gasteiger partial charge is 0.341 e. The van der Waals surface area contributed by atoms with E-state index in [1.807, 2.05) is 0 Å². The first-order valence-corrected chi connectivity index (χ1v) is 14.1. The lowest BCUT2D eigenvalue weighted by atomic mass is 10.1. The molecule has 4 rings (SSSR count). The van der Waals surface area contributed by atoms with Gasteiger partial charge in [-0.3, -0.25) is 9.59 Å². The number of carbonyl (C=O) groups is 3. The van der Waals surface area contributed by atoms with Gasteiger partial charge in [0.1, 0.15) is 23.2 Å². The van der Waals surface area contributed by atoms with Crippen LogP contribution < -0.4 is 15.5 Å². The lowest BCUT2D eigenvalue weighted by Gasteiger charge is -2.10. The molecule has 1 aliphatic rings. The van der Waals surface area contributed by atoms with Gasteiger partial charge in [-0.05, 0) is 87.1 Å². The number of amides is 2. The summed E-state index contributed by atoms with van der Waals surface area (Å²) in [5, 5.41) is 7.21. The highest BCUT2D eigenvalue weighted by atomic mass is 35.5. The zero-order valence-corrected chi connectivity index (χ0v) is 23.7. The zero-order chi connectivity index (χ0) is 28.6. The fraction of sp³-hybridized carbons (Fsp3) is 0.310. The van der Waals surface area contributed by atoms with Crippen LogP contribution in [0.4, 0.5) is 9.39 Å². The van der Waals surface area contributed by atoms with Gasteiger partial charge in [-0.1, -0.05) is 24.1 Å². The van der Waals surface area contributed by atoms with Crippen LogP contribution in [0.25, 0.3) is 0 Å². The number of ether oxygens (including phenoxy) is 2. The Bertz CT molecular complexity index is 1420. The third-order valence-electron chi connectivity index (χ3n) is 6.38. The first kappa shape index (κ1) is 29.2. The monoisotopic (exact) mass is 585 g/mol. The summed E-state index contributed by atoms with van der Waals surface area (Å²) in [4.78, 5) is 38.9. The van der Waals surface area contributed by atoms with E-state index in [2.05, 4.69) is 15.8 Å². The van der Waals surface area contributed by atoms with Gasteiger partial charge in [0.05, 0.1) is 22.9 Å². The second-order valence-electron chi connectivity index (χ2n) is 9.09. The Morgan fingerprint density at radius 1 is 1.05 bits per heavy atom. The van der Waals surface area contributed by atoms with Gasteiger partial charge in [0.2, 0.25) is 0 Å². The molecule has 0 aliphatic heterocycles. The van der Waals surface area contributed by atoms with Crippen LogP contribution in [-0.2, 0) is 33.8 Å². The molecule has 0 bridgehead atoms. The molecular weight excluding hydrogens is 557 g/mol. The predicted molar refractivity (Wildman–Crippen MR) is 153 cm³/mol. The minimum Gasteiger partial charge on any atom is -0.489 e. The molecule has 0 unspecified atom stereocenters. The average Bonchev–Trinajstić information content (AvgIpc) is 3.11. The summed E-state index contributed by atoms with van der Waals surface area (Å²) in [5.41, 5.74) is 4.87. The number of rotatable bonds is 8. The van der Waals surface area contributed by atoms with E-state index in [0.717, 1.165) is 42.5 Å². The molecule has 0 spiro atoms. The van der Waals surface area contributed by atoms with Crippen molar-refractivity contribution in [3.05, 3.63) is 80.4 Å². The number of aryl methyl sites for hydroxylation is 1. The number of carbonyl (C=O) groups excluding carboxylic acids is 3. The standard InChI is InChI=1S/C29H29ClFN3O5S/c1-3-38-29(37)25-20-8-5-4-6-11-24(20)40-28(25)32-26(35)27(36)34-33-17(2)18-12-14-19(15-13-18)39-16-21-22(30)9-7-10-23(21)31/h7,9-10,12-15H,3-6,8,11,16H2,1-2H3,(H,32,35)(H,34,36). The quantitative estimate of drug-likeness (QED) is 0.110. The van der Waals surface area contributed by atoms with Crippen molar-refractivity contribution in [2.45, 2.75) is 52.6 Å². The van der Waals surface area contributed by atoms with E-state index in [-0.39, 0.29) is 23.8 Å². The van der Waals surface area contributed by atoms with Crippen molar-refractivity contribution in [1.82, 2.24) is 5.43 Å². The SMILES string of the molecule is CCOC(=O)c1c(NC(=O)C(=O)NN=C(C)c2ccc(OCc3c(F)cccc3Cl)cc2)sc2c1CCCCC2. The van der Waals surface area contributed by atoms with Gasteiger partial charge in [-0.25, -0.2) is 14.6 Å². The Morgan fingerprint density at radius 3 is 2.52 bits per heavy atom. The number of nitrogens with zero attached hydrogens (tertiary/aromatic N) is 1. The van der Waals surface area contributed by atoms with Crippen molar-refractivity contribution in [1.29, 1.82) is 0 Å². The van der Waals surface area contributed by atoms with E-state index < -0.39 is 23.6 Å². The first-order chi connectivity index (χ1) is 19.3. The van der Waals surface area contributed by atoms with E-state index in [1.165, 1.54) is 23.5 Å². The molecule has 2 amide bonds. The van der Waals surface area contributed by atoms with Crippen LogP contribution in [0.5, 0.6) is 5.75 Å². The van der Waals surface area contributed by atoms with Crippen LogP contribution in [0.15, 0.2) is 47.6 Å². The van der Waals surface area contributed by atoms with Crippen molar-refractivity contribution in [3.8, 4) is 5.75 Å². The van der Waals surface area contributed by atoms with Crippen molar-refractivity contribution in [2.75, 3.05) is 11.9 Å². The molecule has 40 heavy (non-hydrogen) atoms. The van der Waals surface area contributed by atoms with Crippen molar-refractivity contribution < 1.29 is 28.2 Å². The molecule has 3 aromatic rings. The summed E-state index contributed by atoms with van der Waals surface area (Å²) < 4.78 is 24.8. The summed E-state index contributed by atoms with van der Waals surface area (Å²) in [7, 11) is 0. The Balaban J connectivity index is 1.38. The van der Waals surface area contributed by atoms with Crippen LogP contribution in [0, 0.1) is 5.82 Å². The average molecular weight is 586 g/mol. The molecule has 11 heteroatoms. The number of fused-ring (bicyclic) bond motifs is 1. The van der Waals surface area contributed by atoms with Crippen molar-refractivity contribution in [2.24, 2.45) is 5.10 Å². The Morgan fingerprint density at radius 2 is 1.80 bits per heavy atom. The minimum atomic E-state index is -0.973. The van der Waals surface area contributed by atoms with Crippen LogP contribution in [0.1, 0.15) is 65.0 Å². The lowest BCUT2D eigenvalue weighted by molar-refractivity contribution is -0.136. The molecule has 0 fully saturated rings. The number of hydrogen-bond acceptors (Lipinski definition) is 7.